The van der Waals surface area contributed by atoms with Crippen LogP contribution in [0.1, 0.15) is 36.0 Å². The van der Waals surface area contributed by atoms with Gasteiger partial charge in [0.1, 0.15) is 6.29 Å². The standard InChI is InChI=1S/C23H22ClN7O3S/c1-25-20-12-26-23(28-17-6-8-30(9-7-17)35(33,34)18-3-4-18)29-22(20)16-11-27-31(13-16)21-5-2-15(14-32)10-19(21)24/h2,5,10-14,17-18H,3-4,6-9H2,(H,26,28,29). The summed E-state index contributed by atoms with van der Waals surface area (Å²) in [5.74, 6) is 0.372. The van der Waals surface area contributed by atoms with Gasteiger partial charge in [-0.25, -0.2) is 32.2 Å². The van der Waals surface area contributed by atoms with E-state index in [1.807, 2.05) is 0 Å². The first kappa shape index (κ1) is 23.4. The Bertz CT molecular complexity index is 1420. The largest absolute Gasteiger partial charge is 0.351 e. The van der Waals surface area contributed by atoms with Crippen molar-refractivity contribution in [3.05, 3.63) is 58.8 Å². The van der Waals surface area contributed by atoms with Crippen LogP contribution in [0.3, 0.4) is 0 Å². The van der Waals surface area contributed by atoms with Crippen molar-refractivity contribution in [3.8, 4) is 16.9 Å². The Labute approximate surface area is 207 Å². The van der Waals surface area contributed by atoms with Gasteiger partial charge in [-0.1, -0.05) is 11.6 Å². The molecule has 0 amide bonds. The molecular formula is C23H22ClN7O3S. The number of halogens is 1. The zero-order valence-electron chi connectivity index (χ0n) is 18.6. The monoisotopic (exact) mass is 511 g/mol. The van der Waals surface area contributed by atoms with Crippen LogP contribution in [0.4, 0.5) is 11.6 Å². The van der Waals surface area contributed by atoms with E-state index < -0.39 is 10.0 Å². The molecule has 1 aliphatic carbocycles. The third kappa shape index (κ3) is 4.77. The van der Waals surface area contributed by atoms with E-state index >= 15 is 0 Å². The lowest BCUT2D eigenvalue weighted by atomic mass is 10.1. The van der Waals surface area contributed by atoms with Crippen molar-refractivity contribution >= 4 is 39.5 Å². The van der Waals surface area contributed by atoms with Crippen LogP contribution in [-0.2, 0) is 10.0 Å². The number of sulfonamides is 1. The molecule has 180 valence electrons. The summed E-state index contributed by atoms with van der Waals surface area (Å²) < 4.78 is 28.1. The lowest BCUT2D eigenvalue weighted by molar-refractivity contribution is 0.112. The topological polar surface area (TPSA) is 114 Å². The number of nitrogens with zero attached hydrogens (tertiary/aromatic N) is 6. The molecule has 10 nitrogen and oxygen atoms in total. The summed E-state index contributed by atoms with van der Waals surface area (Å²) in [6.45, 7) is 8.45. The maximum absolute atomic E-state index is 12.5. The van der Waals surface area contributed by atoms with E-state index in [0.717, 1.165) is 19.1 Å². The summed E-state index contributed by atoms with van der Waals surface area (Å²) in [4.78, 5) is 23.4. The Morgan fingerprint density at radius 1 is 1.17 bits per heavy atom. The molecule has 1 N–H and O–H groups in total. The summed E-state index contributed by atoms with van der Waals surface area (Å²) in [5.41, 5.74) is 2.38. The predicted octanol–water partition coefficient (Wildman–Crippen LogP) is 3.71. The number of hydrogen-bond acceptors (Lipinski definition) is 7. The maximum Gasteiger partial charge on any atom is 0.231 e. The first-order valence-electron chi connectivity index (χ1n) is 11.2. The van der Waals surface area contributed by atoms with Crippen LogP contribution in [0.2, 0.25) is 5.02 Å². The van der Waals surface area contributed by atoms with Gasteiger partial charge in [0, 0.05) is 42.7 Å². The fourth-order valence-electron chi connectivity index (χ4n) is 4.11. The van der Waals surface area contributed by atoms with Crippen LogP contribution in [-0.4, -0.2) is 63.1 Å². The van der Waals surface area contributed by atoms with Crippen LogP contribution < -0.4 is 5.32 Å². The van der Waals surface area contributed by atoms with Gasteiger partial charge in [0.05, 0.1) is 34.4 Å². The normalized spacial score (nSPS) is 17.1. The Kier molecular flexibility index (Phi) is 6.27. The molecule has 2 fully saturated rings. The molecule has 1 aromatic carbocycles. The van der Waals surface area contributed by atoms with Gasteiger partial charge in [-0.3, -0.25) is 4.79 Å². The van der Waals surface area contributed by atoms with Gasteiger partial charge in [-0.2, -0.15) is 5.10 Å². The predicted molar refractivity (Wildman–Crippen MR) is 131 cm³/mol. The minimum absolute atomic E-state index is 0.0326. The zero-order valence-corrected chi connectivity index (χ0v) is 20.2. The molecule has 1 aliphatic heterocycles. The highest BCUT2D eigenvalue weighted by Crippen LogP contribution is 2.33. The number of aldehydes is 1. The quantitative estimate of drug-likeness (QED) is 0.380. The zero-order chi connectivity index (χ0) is 24.6. The molecule has 0 unspecified atom stereocenters. The number of rotatable bonds is 7. The van der Waals surface area contributed by atoms with E-state index in [4.69, 9.17) is 18.2 Å². The highest BCUT2D eigenvalue weighted by Gasteiger charge is 2.41. The molecule has 2 aliphatic rings. The summed E-state index contributed by atoms with van der Waals surface area (Å²) in [6.07, 6.45) is 8.32. The number of piperidine rings is 1. The van der Waals surface area contributed by atoms with Gasteiger partial charge in [0.2, 0.25) is 21.7 Å². The van der Waals surface area contributed by atoms with E-state index in [1.54, 1.807) is 39.6 Å². The molecule has 1 saturated carbocycles. The number of hydrogen-bond donors (Lipinski definition) is 1. The highest BCUT2D eigenvalue weighted by atomic mass is 35.5. The lowest BCUT2D eigenvalue weighted by Crippen LogP contribution is -2.43. The van der Waals surface area contributed by atoms with Crippen molar-refractivity contribution in [2.45, 2.75) is 37.0 Å². The van der Waals surface area contributed by atoms with Crippen LogP contribution in [0.5, 0.6) is 0 Å². The molecule has 1 saturated heterocycles. The van der Waals surface area contributed by atoms with Crippen molar-refractivity contribution < 1.29 is 13.2 Å². The molecule has 0 spiro atoms. The lowest BCUT2D eigenvalue weighted by Gasteiger charge is -2.31. The molecule has 5 rings (SSSR count). The summed E-state index contributed by atoms with van der Waals surface area (Å²) >= 11 is 6.30. The second-order valence-electron chi connectivity index (χ2n) is 8.60. The minimum Gasteiger partial charge on any atom is -0.351 e. The number of carbonyl (C=O) groups excluding carboxylic acids is 1. The molecular weight excluding hydrogens is 490 g/mol. The van der Waals surface area contributed by atoms with Crippen molar-refractivity contribution in [2.24, 2.45) is 0 Å². The third-order valence-corrected chi connectivity index (χ3v) is 8.89. The molecule has 0 radical (unpaired) electrons. The molecule has 0 atom stereocenters. The fourth-order valence-corrected chi connectivity index (χ4v) is 6.26. The summed E-state index contributed by atoms with van der Waals surface area (Å²) in [6, 6.07) is 4.93. The van der Waals surface area contributed by atoms with Gasteiger partial charge >= 0.3 is 0 Å². The Hall–Kier alpha value is -3.33. The van der Waals surface area contributed by atoms with Gasteiger partial charge < -0.3 is 5.32 Å². The van der Waals surface area contributed by atoms with E-state index in [1.165, 1.54) is 6.20 Å². The van der Waals surface area contributed by atoms with Gasteiger partial charge in [0.15, 0.2) is 0 Å². The van der Waals surface area contributed by atoms with Crippen molar-refractivity contribution in [1.82, 2.24) is 24.1 Å². The number of anilines is 1. The average molecular weight is 512 g/mol. The second-order valence-corrected chi connectivity index (χ2v) is 11.2. The molecule has 3 aromatic rings. The SMILES string of the molecule is [C-]#[N+]c1cnc(NC2CCN(S(=O)(=O)C3CC3)CC2)nc1-c1cnn(-c2ccc(C=O)cc2Cl)c1. The number of benzene rings is 1. The number of carbonyl (C=O) groups is 1. The third-order valence-electron chi connectivity index (χ3n) is 6.19. The van der Waals surface area contributed by atoms with Crippen LogP contribution in [0.25, 0.3) is 21.8 Å². The first-order valence-corrected chi connectivity index (χ1v) is 13.1. The maximum atomic E-state index is 12.5. The smallest absolute Gasteiger partial charge is 0.231 e. The Balaban J connectivity index is 1.33. The molecule has 2 aromatic heterocycles. The summed E-state index contributed by atoms with van der Waals surface area (Å²) in [7, 11) is -3.16. The van der Waals surface area contributed by atoms with E-state index in [0.29, 0.717) is 59.4 Å². The van der Waals surface area contributed by atoms with Crippen molar-refractivity contribution in [2.75, 3.05) is 18.4 Å². The number of aromatic nitrogens is 4. The average Bonchev–Trinajstić information content (AvgIpc) is 3.63. The van der Waals surface area contributed by atoms with E-state index in [-0.39, 0.29) is 17.0 Å². The molecule has 0 bridgehead atoms. The Morgan fingerprint density at radius 3 is 2.60 bits per heavy atom. The van der Waals surface area contributed by atoms with Crippen LogP contribution >= 0.6 is 11.6 Å². The molecule has 35 heavy (non-hydrogen) atoms. The van der Waals surface area contributed by atoms with E-state index in [9.17, 15) is 13.2 Å². The van der Waals surface area contributed by atoms with Gasteiger partial charge in [-0.05, 0) is 43.9 Å². The fraction of sp³-hybridized carbons (Fsp3) is 0.348. The van der Waals surface area contributed by atoms with Crippen LogP contribution in [0, 0.1) is 6.57 Å². The van der Waals surface area contributed by atoms with Gasteiger partial charge in [0.25, 0.3) is 0 Å². The molecule has 3 heterocycles. The minimum atomic E-state index is -3.16. The number of nitrogens with one attached hydrogen (secondary N) is 1. The van der Waals surface area contributed by atoms with Crippen molar-refractivity contribution in [3.63, 3.8) is 0 Å². The molecule has 12 heteroatoms. The second kappa shape index (κ2) is 9.37. The Morgan fingerprint density at radius 2 is 1.94 bits per heavy atom. The highest BCUT2D eigenvalue weighted by molar-refractivity contribution is 7.90. The van der Waals surface area contributed by atoms with Gasteiger partial charge in [-0.15, -0.1) is 0 Å². The van der Waals surface area contributed by atoms with Crippen LogP contribution in [0.15, 0.2) is 36.8 Å². The first-order chi connectivity index (χ1) is 16.9. The summed E-state index contributed by atoms with van der Waals surface area (Å²) in [5, 5.41) is 7.81. The van der Waals surface area contributed by atoms with Crippen molar-refractivity contribution in [1.29, 1.82) is 0 Å². The van der Waals surface area contributed by atoms with E-state index in [2.05, 4.69) is 25.2 Å².